The summed E-state index contributed by atoms with van der Waals surface area (Å²) < 4.78 is 36.5. The standard InChI is InChI=1S/C19H19NO5S/c1-12-9-15-10-13(3-5-16(15)20(12)26(2,22)23)19(21)14-4-6-17-18(11-14)25-8-7-24-17/h3-6,10-12H,7-9H2,1-2H3. The fourth-order valence-electron chi connectivity index (χ4n) is 3.60. The number of ketones is 1. The molecule has 136 valence electrons. The number of anilines is 1. The van der Waals surface area contributed by atoms with Crippen LogP contribution in [0.1, 0.15) is 28.4 Å². The molecule has 0 aliphatic carbocycles. The average molecular weight is 373 g/mol. The first kappa shape index (κ1) is 16.9. The number of hydrogen-bond donors (Lipinski definition) is 0. The molecule has 6 nitrogen and oxygen atoms in total. The zero-order chi connectivity index (χ0) is 18.5. The molecule has 2 aliphatic heterocycles. The van der Waals surface area contributed by atoms with Crippen LogP contribution in [0.5, 0.6) is 11.5 Å². The maximum atomic E-state index is 12.9. The van der Waals surface area contributed by atoms with E-state index in [1.807, 2.05) is 6.92 Å². The number of nitrogens with zero attached hydrogens (tertiary/aromatic N) is 1. The Balaban J connectivity index is 1.68. The van der Waals surface area contributed by atoms with Crippen LogP contribution in [0.15, 0.2) is 36.4 Å². The van der Waals surface area contributed by atoms with Crippen LogP contribution in [0.2, 0.25) is 0 Å². The Morgan fingerprint density at radius 1 is 1.04 bits per heavy atom. The van der Waals surface area contributed by atoms with Crippen molar-refractivity contribution in [1.29, 1.82) is 0 Å². The predicted molar refractivity (Wildman–Crippen MR) is 97.8 cm³/mol. The van der Waals surface area contributed by atoms with Crippen molar-refractivity contribution in [3.63, 3.8) is 0 Å². The molecule has 0 aromatic heterocycles. The first-order valence-corrected chi connectivity index (χ1v) is 10.3. The average Bonchev–Trinajstić information content (AvgIpc) is 2.95. The molecule has 0 spiro atoms. The second-order valence-electron chi connectivity index (χ2n) is 6.64. The van der Waals surface area contributed by atoms with Gasteiger partial charge in [-0.15, -0.1) is 0 Å². The van der Waals surface area contributed by atoms with Gasteiger partial charge in [-0.05, 0) is 55.3 Å². The molecule has 0 amide bonds. The number of benzene rings is 2. The zero-order valence-electron chi connectivity index (χ0n) is 14.6. The molecule has 0 N–H and O–H groups in total. The van der Waals surface area contributed by atoms with Crippen molar-refractivity contribution < 1.29 is 22.7 Å². The monoisotopic (exact) mass is 373 g/mol. The van der Waals surface area contributed by atoms with Crippen LogP contribution >= 0.6 is 0 Å². The molecule has 0 radical (unpaired) electrons. The van der Waals surface area contributed by atoms with Gasteiger partial charge in [-0.2, -0.15) is 0 Å². The molecule has 2 aromatic rings. The molecular formula is C19H19NO5S. The summed E-state index contributed by atoms with van der Waals surface area (Å²) in [5, 5.41) is 0. The van der Waals surface area contributed by atoms with Crippen LogP contribution in [-0.2, 0) is 16.4 Å². The summed E-state index contributed by atoms with van der Waals surface area (Å²) in [6.07, 6.45) is 1.79. The van der Waals surface area contributed by atoms with E-state index in [4.69, 9.17) is 9.47 Å². The molecule has 2 aliphatic rings. The molecule has 0 fully saturated rings. The lowest BCUT2D eigenvalue weighted by atomic mass is 9.99. The highest BCUT2D eigenvalue weighted by molar-refractivity contribution is 7.92. The molecule has 0 saturated carbocycles. The largest absolute Gasteiger partial charge is 0.486 e. The Bertz CT molecular complexity index is 999. The molecule has 4 rings (SSSR count). The highest BCUT2D eigenvalue weighted by Gasteiger charge is 2.32. The van der Waals surface area contributed by atoms with Gasteiger partial charge in [0.05, 0.1) is 11.9 Å². The second kappa shape index (κ2) is 6.02. The van der Waals surface area contributed by atoms with Crippen molar-refractivity contribution in [2.45, 2.75) is 19.4 Å². The van der Waals surface area contributed by atoms with Crippen molar-refractivity contribution in [3.05, 3.63) is 53.1 Å². The topological polar surface area (TPSA) is 72.9 Å². The molecule has 1 atom stereocenters. The van der Waals surface area contributed by atoms with E-state index >= 15 is 0 Å². The predicted octanol–water partition coefficient (Wildman–Crippen LogP) is 2.40. The summed E-state index contributed by atoms with van der Waals surface area (Å²) in [5.74, 6) is 1.08. The van der Waals surface area contributed by atoms with E-state index in [1.54, 1.807) is 36.4 Å². The Kier molecular flexibility index (Phi) is 3.91. The van der Waals surface area contributed by atoms with Gasteiger partial charge in [0.25, 0.3) is 0 Å². The van der Waals surface area contributed by atoms with Gasteiger partial charge in [-0.1, -0.05) is 0 Å². The number of rotatable bonds is 3. The summed E-state index contributed by atoms with van der Waals surface area (Å²) in [4.78, 5) is 12.9. The fourth-order valence-corrected chi connectivity index (χ4v) is 4.86. The normalized spacial score (nSPS) is 18.5. The quantitative estimate of drug-likeness (QED) is 0.773. The number of carbonyl (C=O) groups excluding carboxylic acids is 1. The van der Waals surface area contributed by atoms with E-state index in [0.717, 1.165) is 5.56 Å². The van der Waals surface area contributed by atoms with Crippen LogP contribution in [0.4, 0.5) is 5.69 Å². The van der Waals surface area contributed by atoms with Crippen LogP contribution in [-0.4, -0.2) is 39.7 Å². The fraction of sp³-hybridized carbons (Fsp3) is 0.316. The third-order valence-electron chi connectivity index (χ3n) is 4.66. The Morgan fingerprint density at radius 3 is 2.42 bits per heavy atom. The number of fused-ring (bicyclic) bond motifs is 2. The Labute approximate surface area is 152 Å². The van der Waals surface area contributed by atoms with E-state index in [-0.39, 0.29) is 11.8 Å². The molecule has 7 heteroatoms. The van der Waals surface area contributed by atoms with Crippen molar-refractivity contribution in [2.75, 3.05) is 23.8 Å². The van der Waals surface area contributed by atoms with Gasteiger partial charge >= 0.3 is 0 Å². The molecule has 1 unspecified atom stereocenters. The minimum Gasteiger partial charge on any atom is -0.486 e. The van der Waals surface area contributed by atoms with Crippen molar-refractivity contribution >= 4 is 21.5 Å². The number of hydrogen-bond acceptors (Lipinski definition) is 5. The zero-order valence-corrected chi connectivity index (χ0v) is 15.4. The van der Waals surface area contributed by atoms with E-state index < -0.39 is 10.0 Å². The van der Waals surface area contributed by atoms with Crippen LogP contribution < -0.4 is 13.8 Å². The maximum absolute atomic E-state index is 12.9. The summed E-state index contributed by atoms with van der Waals surface area (Å²) in [6.45, 7) is 2.83. The van der Waals surface area contributed by atoms with Crippen LogP contribution in [0.25, 0.3) is 0 Å². The number of ether oxygens (including phenoxy) is 2. The SMILES string of the molecule is CC1Cc2cc(C(=O)c3ccc4c(c3)OCCO4)ccc2N1S(C)(=O)=O. The van der Waals surface area contributed by atoms with Crippen LogP contribution in [0.3, 0.4) is 0 Å². The van der Waals surface area contributed by atoms with E-state index in [1.165, 1.54) is 10.6 Å². The highest BCUT2D eigenvalue weighted by atomic mass is 32.2. The molecule has 0 bridgehead atoms. The molecule has 2 aromatic carbocycles. The van der Waals surface area contributed by atoms with E-state index in [0.29, 0.717) is 47.9 Å². The molecule has 26 heavy (non-hydrogen) atoms. The molecule has 0 saturated heterocycles. The van der Waals surface area contributed by atoms with E-state index in [2.05, 4.69) is 0 Å². The third kappa shape index (κ3) is 2.82. The van der Waals surface area contributed by atoms with E-state index in [9.17, 15) is 13.2 Å². The third-order valence-corrected chi connectivity index (χ3v) is 5.93. The lowest BCUT2D eigenvalue weighted by Crippen LogP contribution is -2.34. The van der Waals surface area contributed by atoms with Gasteiger partial charge in [0.15, 0.2) is 17.3 Å². The summed E-state index contributed by atoms with van der Waals surface area (Å²) in [6, 6.07) is 10.2. The van der Waals surface area contributed by atoms with Crippen molar-refractivity contribution in [3.8, 4) is 11.5 Å². The summed E-state index contributed by atoms with van der Waals surface area (Å²) in [5.41, 5.74) is 2.56. The van der Waals surface area contributed by atoms with Crippen molar-refractivity contribution in [1.82, 2.24) is 0 Å². The molecule has 2 heterocycles. The van der Waals surface area contributed by atoms with Crippen molar-refractivity contribution in [2.24, 2.45) is 0 Å². The molecular weight excluding hydrogens is 354 g/mol. The second-order valence-corrected chi connectivity index (χ2v) is 8.50. The smallest absolute Gasteiger partial charge is 0.232 e. The van der Waals surface area contributed by atoms with Gasteiger partial charge in [-0.25, -0.2) is 8.42 Å². The minimum absolute atomic E-state index is 0.129. The van der Waals surface area contributed by atoms with Crippen LogP contribution in [0, 0.1) is 0 Å². The lowest BCUT2D eigenvalue weighted by molar-refractivity contribution is 0.103. The van der Waals surface area contributed by atoms with Gasteiger partial charge in [0.1, 0.15) is 13.2 Å². The summed E-state index contributed by atoms with van der Waals surface area (Å²) >= 11 is 0. The van der Waals surface area contributed by atoms with Gasteiger partial charge in [0.2, 0.25) is 10.0 Å². The first-order chi connectivity index (χ1) is 12.3. The minimum atomic E-state index is -3.34. The number of sulfonamides is 1. The van der Waals surface area contributed by atoms with Gasteiger partial charge in [-0.3, -0.25) is 9.10 Å². The highest BCUT2D eigenvalue weighted by Crippen LogP contribution is 2.36. The Hall–Kier alpha value is -2.54. The first-order valence-electron chi connectivity index (χ1n) is 8.41. The van der Waals surface area contributed by atoms with Gasteiger partial charge in [0, 0.05) is 17.2 Å². The lowest BCUT2D eigenvalue weighted by Gasteiger charge is -2.22. The van der Waals surface area contributed by atoms with Gasteiger partial charge < -0.3 is 9.47 Å². The number of carbonyl (C=O) groups is 1. The summed E-state index contributed by atoms with van der Waals surface area (Å²) in [7, 11) is -3.34. The maximum Gasteiger partial charge on any atom is 0.232 e. The Morgan fingerprint density at radius 2 is 1.69 bits per heavy atom.